The lowest BCUT2D eigenvalue weighted by Gasteiger charge is -2.19. The van der Waals surface area contributed by atoms with Gasteiger partial charge in [0.25, 0.3) is 0 Å². The highest BCUT2D eigenvalue weighted by molar-refractivity contribution is 6.15. The third-order valence-electron chi connectivity index (χ3n) is 5.36. The first-order valence-corrected chi connectivity index (χ1v) is 9.07. The van der Waals surface area contributed by atoms with Crippen molar-refractivity contribution in [1.29, 1.82) is 0 Å². The summed E-state index contributed by atoms with van der Waals surface area (Å²) < 4.78 is 172. The number of benzene rings is 4. The predicted octanol–water partition coefficient (Wildman–Crippen LogP) is 6.95. The van der Waals surface area contributed by atoms with E-state index in [0.717, 1.165) is 0 Å². The quantitative estimate of drug-likeness (QED) is 0.125. The minimum atomic E-state index is -2.73. The topological polar surface area (TPSA) is 34.1 Å². The predicted molar refractivity (Wildman–Crippen MR) is 97.2 cm³/mol. The third kappa shape index (κ3) is 2.96. The molecule has 0 aliphatic heterocycles. The number of rotatable bonds is 3. The Morgan fingerprint density at radius 2 is 0.528 bits per heavy atom. The summed E-state index contributed by atoms with van der Waals surface area (Å²) in [5, 5.41) is -8.12. The molecular formula is C22H2F12O2. The van der Waals surface area contributed by atoms with Crippen LogP contribution in [-0.2, 0) is 0 Å². The zero-order valence-electron chi connectivity index (χ0n) is 16.5. The van der Waals surface area contributed by atoms with Crippen LogP contribution in [0, 0.1) is 69.8 Å². The molecule has 0 fully saturated rings. The first-order chi connectivity index (χ1) is 16.8. The molecule has 4 rings (SSSR count). The van der Waals surface area contributed by atoms with Crippen LogP contribution >= 0.6 is 0 Å². The lowest BCUT2D eigenvalue weighted by Crippen LogP contribution is -2.11. The van der Waals surface area contributed by atoms with Crippen molar-refractivity contribution in [2.75, 3.05) is 0 Å². The van der Waals surface area contributed by atoms with Crippen LogP contribution in [0.2, 0.25) is 0 Å². The molecule has 0 spiro atoms. The Kier molecular flexibility index (Phi) is 5.72. The first-order valence-electron chi connectivity index (χ1n) is 9.07. The van der Waals surface area contributed by atoms with E-state index >= 15 is 0 Å². The normalized spacial score (nSPS) is 11.6. The van der Waals surface area contributed by atoms with Gasteiger partial charge in [0.15, 0.2) is 82.4 Å². The molecule has 0 radical (unpaired) electrons. The van der Waals surface area contributed by atoms with Gasteiger partial charge in [0.05, 0.1) is 21.9 Å². The lowest BCUT2D eigenvalue weighted by molar-refractivity contribution is 0.111. The molecular weight excluding hydrogens is 524 g/mol. The number of aldehydes is 2. The first kappa shape index (κ1) is 25.0. The van der Waals surface area contributed by atoms with Crippen molar-refractivity contribution in [1.82, 2.24) is 0 Å². The molecule has 4 aromatic carbocycles. The molecule has 0 bridgehead atoms. The molecule has 36 heavy (non-hydrogen) atoms. The van der Waals surface area contributed by atoms with Gasteiger partial charge in [-0.15, -0.1) is 0 Å². The van der Waals surface area contributed by atoms with E-state index in [1.807, 2.05) is 0 Å². The number of halogens is 12. The summed E-state index contributed by atoms with van der Waals surface area (Å²) in [6, 6.07) is 0. The smallest absolute Gasteiger partial charge is 0.198 e. The highest BCUT2D eigenvalue weighted by Crippen LogP contribution is 2.46. The molecule has 4 aromatic rings. The van der Waals surface area contributed by atoms with Gasteiger partial charge in [-0.25, -0.2) is 52.7 Å². The summed E-state index contributed by atoms with van der Waals surface area (Å²) in [4.78, 5) is 23.2. The van der Waals surface area contributed by atoms with Crippen LogP contribution in [0.4, 0.5) is 52.7 Å². The Morgan fingerprint density at radius 1 is 0.306 bits per heavy atom. The van der Waals surface area contributed by atoms with Crippen molar-refractivity contribution >= 4 is 34.1 Å². The molecule has 0 aromatic heterocycles. The summed E-state index contributed by atoms with van der Waals surface area (Å²) in [6.07, 6.45) is -1.44. The molecule has 186 valence electrons. The van der Waals surface area contributed by atoms with Gasteiger partial charge in [-0.3, -0.25) is 9.59 Å². The molecule has 2 nitrogen and oxygen atoms in total. The second-order valence-corrected chi connectivity index (χ2v) is 7.08. The number of hydrogen-bond donors (Lipinski definition) is 0. The summed E-state index contributed by atoms with van der Waals surface area (Å²) in [5.74, 6) is -31.3. The summed E-state index contributed by atoms with van der Waals surface area (Å²) in [5.41, 5.74) is -7.34. The van der Waals surface area contributed by atoms with Gasteiger partial charge in [0.1, 0.15) is 0 Å². The average molecular weight is 526 g/mol. The standard InChI is InChI=1S/C22H2F12O2/c23-11-3(1-35)5(7-9(15(11)27)17(29)21(33)19(31)13(7)25)6-4(2-36)12(24)16(28)10-8(6)14(26)20(32)22(34)18(10)30/h1-2H. The number of hydrogen-bond acceptors (Lipinski definition) is 2. The van der Waals surface area contributed by atoms with Crippen LogP contribution in [-0.4, -0.2) is 12.6 Å². The Bertz CT molecular complexity index is 1570. The van der Waals surface area contributed by atoms with Crippen molar-refractivity contribution < 1.29 is 62.3 Å². The van der Waals surface area contributed by atoms with Crippen LogP contribution in [0.1, 0.15) is 20.7 Å². The van der Waals surface area contributed by atoms with Crippen molar-refractivity contribution in [2.45, 2.75) is 0 Å². The van der Waals surface area contributed by atoms with Crippen LogP contribution < -0.4 is 0 Å². The Morgan fingerprint density at radius 3 is 0.778 bits per heavy atom. The largest absolute Gasteiger partial charge is 0.298 e. The molecule has 0 heterocycles. The average Bonchev–Trinajstić information content (AvgIpc) is 2.86. The molecule has 14 heteroatoms. The highest BCUT2D eigenvalue weighted by Gasteiger charge is 2.36. The third-order valence-corrected chi connectivity index (χ3v) is 5.36. The monoisotopic (exact) mass is 526 g/mol. The molecule has 0 aliphatic carbocycles. The molecule has 0 saturated heterocycles. The Labute approximate surface area is 189 Å². The van der Waals surface area contributed by atoms with Crippen LogP contribution in [0.25, 0.3) is 32.7 Å². The minimum absolute atomic E-state index is 0.721. The highest BCUT2D eigenvalue weighted by atomic mass is 19.2. The summed E-state index contributed by atoms with van der Waals surface area (Å²) >= 11 is 0. The Hall–Kier alpha value is -4.10. The Balaban J connectivity index is 2.55. The fourth-order valence-corrected chi connectivity index (χ4v) is 3.83. The van der Waals surface area contributed by atoms with Gasteiger partial charge in [-0.2, -0.15) is 0 Å². The van der Waals surface area contributed by atoms with Gasteiger partial charge in [0, 0.05) is 21.9 Å². The number of carbonyl (C=O) groups is 2. The van der Waals surface area contributed by atoms with Gasteiger partial charge < -0.3 is 0 Å². The van der Waals surface area contributed by atoms with E-state index in [2.05, 4.69) is 0 Å². The molecule has 0 saturated carbocycles. The van der Waals surface area contributed by atoms with E-state index in [0.29, 0.717) is 0 Å². The van der Waals surface area contributed by atoms with Crippen molar-refractivity contribution in [3.63, 3.8) is 0 Å². The van der Waals surface area contributed by atoms with E-state index < -0.39 is 126 Å². The number of carbonyl (C=O) groups excluding carboxylic acids is 2. The molecule has 0 amide bonds. The van der Waals surface area contributed by atoms with Crippen molar-refractivity contribution in [2.24, 2.45) is 0 Å². The van der Waals surface area contributed by atoms with Gasteiger partial charge in [0.2, 0.25) is 0 Å². The maximum absolute atomic E-state index is 14.8. The summed E-state index contributed by atoms with van der Waals surface area (Å²) in [7, 11) is 0. The van der Waals surface area contributed by atoms with E-state index in [-0.39, 0.29) is 0 Å². The fourth-order valence-electron chi connectivity index (χ4n) is 3.83. The molecule has 0 unspecified atom stereocenters. The van der Waals surface area contributed by atoms with Crippen molar-refractivity contribution in [3.05, 3.63) is 80.9 Å². The van der Waals surface area contributed by atoms with E-state index in [1.54, 1.807) is 0 Å². The SMILES string of the molecule is O=Cc1c(F)c(F)c2c(F)c(F)c(F)c(F)c2c1-c1c(C=O)c(F)c(F)c2c(F)c(F)c(F)c(F)c12. The van der Waals surface area contributed by atoms with Crippen LogP contribution in [0.3, 0.4) is 0 Å². The fraction of sp³-hybridized carbons (Fsp3) is 0. The maximum Gasteiger partial charge on any atom is 0.198 e. The van der Waals surface area contributed by atoms with Crippen molar-refractivity contribution in [3.8, 4) is 11.1 Å². The molecule has 0 aliphatic rings. The second-order valence-electron chi connectivity index (χ2n) is 7.08. The molecule has 0 N–H and O–H groups in total. The van der Waals surface area contributed by atoms with Crippen LogP contribution in [0.5, 0.6) is 0 Å². The van der Waals surface area contributed by atoms with E-state index in [4.69, 9.17) is 0 Å². The van der Waals surface area contributed by atoms with Crippen LogP contribution in [0.15, 0.2) is 0 Å². The number of fused-ring (bicyclic) bond motifs is 2. The lowest BCUT2D eigenvalue weighted by atomic mass is 9.85. The summed E-state index contributed by atoms with van der Waals surface area (Å²) in [6.45, 7) is 0. The maximum atomic E-state index is 14.8. The van der Waals surface area contributed by atoms with Gasteiger partial charge >= 0.3 is 0 Å². The molecule has 0 atom stereocenters. The zero-order valence-corrected chi connectivity index (χ0v) is 16.5. The van der Waals surface area contributed by atoms with Gasteiger partial charge in [-0.05, 0) is 0 Å². The second kappa shape index (κ2) is 8.24. The zero-order chi connectivity index (χ0) is 27.0. The van der Waals surface area contributed by atoms with E-state index in [1.165, 1.54) is 0 Å². The minimum Gasteiger partial charge on any atom is -0.298 e. The van der Waals surface area contributed by atoms with Gasteiger partial charge in [-0.1, -0.05) is 0 Å². The van der Waals surface area contributed by atoms with E-state index in [9.17, 15) is 62.3 Å².